The van der Waals surface area contributed by atoms with Crippen LogP contribution in [0.25, 0.3) is 0 Å². The molecule has 4 atom stereocenters. The predicted octanol–water partition coefficient (Wildman–Crippen LogP) is 2.26. The molecule has 3 aliphatic rings. The monoisotopic (exact) mass is 283 g/mol. The first-order chi connectivity index (χ1) is 9.83. The Balaban J connectivity index is 1.30. The number of hydrogen-bond donors (Lipinski definition) is 1. The van der Waals surface area contributed by atoms with E-state index in [1.54, 1.807) is 0 Å². The van der Waals surface area contributed by atoms with Crippen molar-refractivity contribution in [3.63, 3.8) is 0 Å². The Morgan fingerprint density at radius 2 is 1.80 bits per heavy atom. The van der Waals surface area contributed by atoms with Crippen LogP contribution in [0.1, 0.15) is 51.4 Å². The van der Waals surface area contributed by atoms with Crippen LogP contribution in [0.3, 0.4) is 0 Å². The van der Waals surface area contributed by atoms with E-state index in [1.807, 2.05) is 7.11 Å². The molecular formula is C16H29NO3. The Bertz CT molecular complexity index is 295. The van der Waals surface area contributed by atoms with E-state index in [0.717, 1.165) is 32.0 Å². The van der Waals surface area contributed by atoms with Crippen LogP contribution in [-0.2, 0) is 14.2 Å². The van der Waals surface area contributed by atoms with E-state index in [2.05, 4.69) is 5.32 Å². The lowest BCUT2D eigenvalue weighted by Crippen LogP contribution is -2.31. The largest absolute Gasteiger partial charge is 0.381 e. The molecule has 4 heteroatoms. The second-order valence-electron chi connectivity index (χ2n) is 6.62. The summed E-state index contributed by atoms with van der Waals surface area (Å²) in [5, 5.41) is 3.56. The highest BCUT2D eigenvalue weighted by Gasteiger charge is 2.29. The Labute approximate surface area is 122 Å². The van der Waals surface area contributed by atoms with E-state index in [0.29, 0.717) is 24.4 Å². The fraction of sp³-hybridized carbons (Fsp3) is 1.00. The van der Waals surface area contributed by atoms with Crippen molar-refractivity contribution >= 4 is 0 Å². The number of hydrogen-bond acceptors (Lipinski definition) is 4. The molecule has 0 radical (unpaired) electrons. The zero-order valence-electron chi connectivity index (χ0n) is 12.7. The van der Waals surface area contributed by atoms with E-state index in [4.69, 9.17) is 14.2 Å². The van der Waals surface area contributed by atoms with Gasteiger partial charge in [0, 0.05) is 19.7 Å². The summed E-state index contributed by atoms with van der Waals surface area (Å²) in [6, 6.07) is 0.780. The van der Waals surface area contributed by atoms with Gasteiger partial charge in [0.25, 0.3) is 0 Å². The summed E-state index contributed by atoms with van der Waals surface area (Å²) in [5.41, 5.74) is 0. The predicted molar refractivity (Wildman–Crippen MR) is 77.9 cm³/mol. The highest BCUT2D eigenvalue weighted by atomic mass is 16.5. The summed E-state index contributed by atoms with van der Waals surface area (Å²) in [6.07, 6.45) is 11.2. The number of rotatable bonds is 7. The lowest BCUT2D eigenvalue weighted by Gasteiger charge is -2.29. The van der Waals surface area contributed by atoms with Gasteiger partial charge in [0.15, 0.2) is 0 Å². The first-order valence-electron chi connectivity index (χ1n) is 8.36. The fourth-order valence-corrected chi connectivity index (χ4v) is 3.35. The van der Waals surface area contributed by atoms with Crippen LogP contribution in [0.4, 0.5) is 0 Å². The average molecular weight is 283 g/mol. The van der Waals surface area contributed by atoms with Gasteiger partial charge in [-0.3, -0.25) is 0 Å². The number of nitrogens with one attached hydrogen (secondary N) is 1. The van der Waals surface area contributed by atoms with Crippen LogP contribution in [0.5, 0.6) is 0 Å². The minimum atomic E-state index is 0.309. The maximum Gasteiger partial charge on any atom is 0.0814 e. The van der Waals surface area contributed by atoms with E-state index in [9.17, 15) is 0 Å². The van der Waals surface area contributed by atoms with Gasteiger partial charge >= 0.3 is 0 Å². The summed E-state index contributed by atoms with van der Waals surface area (Å²) in [7, 11) is 1.81. The van der Waals surface area contributed by atoms with Gasteiger partial charge < -0.3 is 19.5 Å². The Kier molecular flexibility index (Phi) is 5.32. The first-order valence-corrected chi connectivity index (χ1v) is 8.36. The molecule has 3 rings (SSSR count). The van der Waals surface area contributed by atoms with Crippen molar-refractivity contribution in [2.24, 2.45) is 0 Å². The molecule has 4 unspecified atom stereocenters. The summed E-state index contributed by atoms with van der Waals surface area (Å²) in [6.45, 7) is 1.79. The molecule has 3 fully saturated rings. The highest BCUT2D eigenvalue weighted by molar-refractivity contribution is 4.84. The molecule has 1 N–H and O–H groups in total. The Hall–Kier alpha value is -0.160. The first kappa shape index (κ1) is 14.8. The van der Waals surface area contributed by atoms with Crippen LogP contribution in [0, 0.1) is 0 Å². The van der Waals surface area contributed by atoms with Gasteiger partial charge in [-0.15, -0.1) is 0 Å². The third kappa shape index (κ3) is 4.42. The molecular weight excluding hydrogens is 254 g/mol. The molecule has 0 amide bonds. The molecule has 1 heterocycles. The van der Waals surface area contributed by atoms with Crippen LogP contribution in [-0.4, -0.2) is 50.7 Å². The van der Waals surface area contributed by atoms with Gasteiger partial charge in [-0.05, 0) is 51.4 Å². The molecule has 2 saturated carbocycles. The maximum absolute atomic E-state index is 6.07. The van der Waals surface area contributed by atoms with Gasteiger partial charge in [-0.1, -0.05) is 0 Å². The molecule has 0 aromatic heterocycles. The van der Waals surface area contributed by atoms with Gasteiger partial charge in [-0.25, -0.2) is 0 Å². The van der Waals surface area contributed by atoms with Gasteiger partial charge in [0.2, 0.25) is 0 Å². The fourth-order valence-electron chi connectivity index (χ4n) is 3.35. The minimum absolute atomic E-state index is 0.309. The maximum atomic E-state index is 6.07. The Morgan fingerprint density at radius 1 is 1.00 bits per heavy atom. The standard InChI is InChI=1S/C16H29NO3/c1-18-13-3-2-4-14(9-13)19-11-16-8-7-15(20-16)10-17-12-5-6-12/h12-17H,2-11H2,1H3. The Morgan fingerprint density at radius 3 is 2.60 bits per heavy atom. The summed E-state index contributed by atoms with van der Waals surface area (Å²) in [5.74, 6) is 0. The van der Waals surface area contributed by atoms with E-state index in [1.165, 1.54) is 38.5 Å². The lowest BCUT2D eigenvalue weighted by atomic mass is 9.95. The number of methoxy groups -OCH3 is 1. The van der Waals surface area contributed by atoms with Crippen molar-refractivity contribution in [2.75, 3.05) is 20.3 Å². The van der Waals surface area contributed by atoms with Crippen LogP contribution < -0.4 is 5.32 Å². The molecule has 2 aliphatic carbocycles. The summed E-state index contributed by atoms with van der Waals surface area (Å²) in [4.78, 5) is 0. The normalized spacial score (nSPS) is 38.2. The van der Waals surface area contributed by atoms with Crippen molar-refractivity contribution in [3.05, 3.63) is 0 Å². The van der Waals surface area contributed by atoms with E-state index in [-0.39, 0.29) is 0 Å². The number of ether oxygens (including phenoxy) is 3. The van der Waals surface area contributed by atoms with Crippen LogP contribution in [0.15, 0.2) is 0 Å². The van der Waals surface area contributed by atoms with Crippen molar-refractivity contribution in [2.45, 2.75) is 81.8 Å². The molecule has 20 heavy (non-hydrogen) atoms. The van der Waals surface area contributed by atoms with Crippen LogP contribution in [0.2, 0.25) is 0 Å². The zero-order chi connectivity index (χ0) is 13.8. The average Bonchev–Trinajstić information content (AvgIpc) is 3.21. The third-order valence-electron chi connectivity index (χ3n) is 4.84. The van der Waals surface area contributed by atoms with Crippen molar-refractivity contribution in [3.8, 4) is 0 Å². The second-order valence-corrected chi connectivity index (χ2v) is 6.62. The highest BCUT2D eigenvalue weighted by Crippen LogP contribution is 2.26. The summed E-state index contributed by atoms with van der Waals surface area (Å²) < 4.78 is 17.6. The molecule has 0 spiro atoms. The molecule has 1 aliphatic heterocycles. The second kappa shape index (κ2) is 7.21. The van der Waals surface area contributed by atoms with E-state index < -0.39 is 0 Å². The molecule has 1 saturated heterocycles. The van der Waals surface area contributed by atoms with Crippen molar-refractivity contribution in [1.82, 2.24) is 5.32 Å². The smallest absolute Gasteiger partial charge is 0.0814 e. The minimum Gasteiger partial charge on any atom is -0.381 e. The van der Waals surface area contributed by atoms with Crippen LogP contribution >= 0.6 is 0 Å². The molecule has 4 nitrogen and oxygen atoms in total. The molecule has 0 bridgehead atoms. The summed E-state index contributed by atoms with van der Waals surface area (Å²) >= 11 is 0. The van der Waals surface area contributed by atoms with Crippen molar-refractivity contribution in [1.29, 1.82) is 0 Å². The SMILES string of the molecule is COC1CCCC(OCC2CCC(CNC3CC3)O2)C1. The van der Waals surface area contributed by atoms with Gasteiger partial charge in [0.05, 0.1) is 31.0 Å². The lowest BCUT2D eigenvalue weighted by molar-refractivity contribution is -0.0708. The third-order valence-corrected chi connectivity index (χ3v) is 4.84. The van der Waals surface area contributed by atoms with Gasteiger partial charge in [-0.2, -0.15) is 0 Å². The molecule has 0 aromatic carbocycles. The topological polar surface area (TPSA) is 39.7 Å². The van der Waals surface area contributed by atoms with Gasteiger partial charge in [0.1, 0.15) is 0 Å². The van der Waals surface area contributed by atoms with Crippen molar-refractivity contribution < 1.29 is 14.2 Å². The zero-order valence-corrected chi connectivity index (χ0v) is 12.7. The molecule has 0 aromatic rings. The quantitative estimate of drug-likeness (QED) is 0.778. The van der Waals surface area contributed by atoms with E-state index >= 15 is 0 Å². The molecule has 116 valence electrons.